The van der Waals surface area contributed by atoms with E-state index >= 15 is 0 Å². The summed E-state index contributed by atoms with van der Waals surface area (Å²) < 4.78 is 6.91. The lowest BCUT2D eigenvalue weighted by molar-refractivity contribution is 0.430. The summed E-state index contributed by atoms with van der Waals surface area (Å²) in [5.74, 6) is 0.624. The molecule has 5 aromatic rings. The number of halogens is 1. The van der Waals surface area contributed by atoms with Gasteiger partial charge >= 0.3 is 0 Å². The molecule has 31 heavy (non-hydrogen) atoms. The third-order valence-electron chi connectivity index (χ3n) is 5.11. The number of hydrogen-bond donors (Lipinski definition) is 0. The maximum absolute atomic E-state index is 13.2. The largest absolute Gasteiger partial charge is 0.332 e. The quantitative estimate of drug-likeness (QED) is 0.387. The summed E-state index contributed by atoms with van der Waals surface area (Å²) in [6.45, 7) is 2.08. The van der Waals surface area contributed by atoms with Crippen molar-refractivity contribution in [1.29, 1.82) is 0 Å². The minimum atomic E-state index is -0.210. The topological polar surface area (TPSA) is 73.8 Å². The average Bonchev–Trinajstić information content (AvgIpc) is 3.30. The van der Waals surface area contributed by atoms with Gasteiger partial charge in [0.05, 0.1) is 11.1 Å². The number of nitrogens with zero attached hydrogens (tertiary/aromatic N) is 4. The highest BCUT2D eigenvalue weighted by Gasteiger charge is 2.19. The zero-order valence-corrected chi connectivity index (χ0v) is 17.4. The molecule has 0 saturated carbocycles. The van der Waals surface area contributed by atoms with Crippen molar-refractivity contribution < 1.29 is 4.52 Å². The van der Waals surface area contributed by atoms with Crippen LogP contribution in [0.3, 0.4) is 0 Å². The first-order valence-electron chi connectivity index (χ1n) is 9.85. The van der Waals surface area contributed by atoms with Crippen molar-refractivity contribution in [2.45, 2.75) is 13.3 Å². The van der Waals surface area contributed by atoms with E-state index in [1.165, 1.54) is 10.2 Å². The Kier molecular flexibility index (Phi) is 4.84. The molecule has 0 aliphatic rings. The highest BCUT2D eigenvalue weighted by Crippen LogP contribution is 2.27. The van der Waals surface area contributed by atoms with Crippen molar-refractivity contribution in [3.8, 4) is 28.7 Å². The fourth-order valence-electron chi connectivity index (χ4n) is 3.46. The molecule has 0 aliphatic heterocycles. The average molecular weight is 429 g/mol. The predicted molar refractivity (Wildman–Crippen MR) is 120 cm³/mol. The fourth-order valence-corrected chi connectivity index (χ4v) is 3.65. The minimum absolute atomic E-state index is 0.210. The van der Waals surface area contributed by atoms with Gasteiger partial charge in [-0.25, -0.2) is 0 Å². The van der Waals surface area contributed by atoms with Crippen molar-refractivity contribution in [1.82, 2.24) is 19.9 Å². The van der Waals surface area contributed by atoms with Gasteiger partial charge in [-0.05, 0) is 42.3 Å². The first kappa shape index (κ1) is 19.2. The van der Waals surface area contributed by atoms with E-state index in [4.69, 9.17) is 16.1 Å². The molecule has 0 bridgehead atoms. The summed E-state index contributed by atoms with van der Waals surface area (Å²) >= 11 is 6.09. The number of hydrogen-bond acceptors (Lipinski definition) is 5. The van der Waals surface area contributed by atoms with Crippen LogP contribution in [-0.4, -0.2) is 19.9 Å². The monoisotopic (exact) mass is 428 g/mol. The molecule has 0 radical (unpaired) electrons. The number of fused-ring (bicyclic) bond motifs is 1. The number of benzene rings is 3. The first-order valence-corrected chi connectivity index (χ1v) is 10.2. The number of aryl methyl sites for hydroxylation is 1. The van der Waals surface area contributed by atoms with E-state index in [1.54, 1.807) is 18.2 Å². The van der Waals surface area contributed by atoms with E-state index < -0.39 is 0 Å². The molecule has 5 rings (SSSR count). The van der Waals surface area contributed by atoms with Crippen LogP contribution >= 0.6 is 11.6 Å². The van der Waals surface area contributed by atoms with Crippen LogP contribution in [-0.2, 0) is 6.42 Å². The zero-order chi connectivity index (χ0) is 21.4. The van der Waals surface area contributed by atoms with E-state index in [9.17, 15) is 4.79 Å². The van der Waals surface area contributed by atoms with Crippen LogP contribution < -0.4 is 5.56 Å². The molecule has 7 heteroatoms. The zero-order valence-electron chi connectivity index (χ0n) is 16.6. The third kappa shape index (κ3) is 3.51. The Hall–Kier alpha value is -3.77. The van der Waals surface area contributed by atoms with Gasteiger partial charge in [0.2, 0.25) is 5.82 Å². The third-order valence-corrected chi connectivity index (χ3v) is 5.34. The van der Waals surface area contributed by atoms with Crippen molar-refractivity contribution in [2.75, 3.05) is 0 Å². The van der Waals surface area contributed by atoms with E-state index in [1.807, 2.05) is 54.6 Å². The number of aromatic nitrogens is 4. The molecule has 0 saturated heterocycles. The molecule has 2 heterocycles. The Morgan fingerprint density at radius 1 is 0.968 bits per heavy atom. The van der Waals surface area contributed by atoms with Crippen LogP contribution in [0.4, 0.5) is 0 Å². The Labute approximate surface area is 182 Å². The second-order valence-electron chi connectivity index (χ2n) is 7.06. The Bertz CT molecular complexity index is 1450. The van der Waals surface area contributed by atoms with Gasteiger partial charge in [-0.3, -0.25) is 4.79 Å². The van der Waals surface area contributed by atoms with Gasteiger partial charge in [0.1, 0.15) is 0 Å². The number of rotatable bonds is 4. The summed E-state index contributed by atoms with van der Waals surface area (Å²) in [5.41, 5.74) is 2.81. The molecule has 6 nitrogen and oxygen atoms in total. The smallest absolute Gasteiger partial charge is 0.279 e. The maximum Gasteiger partial charge on any atom is 0.279 e. The highest BCUT2D eigenvalue weighted by atomic mass is 35.5. The predicted octanol–water partition coefficient (Wildman–Crippen LogP) is 5.32. The van der Waals surface area contributed by atoms with Crippen LogP contribution in [0.5, 0.6) is 0 Å². The van der Waals surface area contributed by atoms with Gasteiger partial charge in [0.25, 0.3) is 11.4 Å². The maximum atomic E-state index is 13.2. The molecule has 2 aromatic heterocycles. The lowest BCUT2D eigenvalue weighted by atomic mass is 10.1. The van der Waals surface area contributed by atoms with Crippen molar-refractivity contribution in [3.63, 3.8) is 0 Å². The van der Waals surface area contributed by atoms with Gasteiger partial charge in [-0.15, -0.1) is 0 Å². The molecule has 0 atom stereocenters. The van der Waals surface area contributed by atoms with Gasteiger partial charge < -0.3 is 4.52 Å². The summed E-state index contributed by atoms with van der Waals surface area (Å²) in [5, 5.41) is 10.4. The van der Waals surface area contributed by atoms with Gasteiger partial charge in [0, 0.05) is 16.0 Å². The standard InChI is InChI=1S/C24H17ClN4O2/c1-2-15-10-12-18(13-11-15)29-24(30)20-9-4-3-8-19(20)21(27-29)23-26-22(28-31-23)16-6-5-7-17(25)14-16/h3-14H,2H2,1H3. The lowest BCUT2D eigenvalue weighted by Gasteiger charge is -2.09. The van der Waals surface area contributed by atoms with Crippen molar-refractivity contribution >= 4 is 22.4 Å². The van der Waals surface area contributed by atoms with Crippen LogP contribution in [0.2, 0.25) is 5.02 Å². The van der Waals surface area contributed by atoms with Gasteiger partial charge in [-0.1, -0.05) is 66.1 Å². The second-order valence-corrected chi connectivity index (χ2v) is 7.50. The molecule has 0 spiro atoms. The summed E-state index contributed by atoms with van der Waals surface area (Å²) in [7, 11) is 0. The van der Waals surface area contributed by atoms with Gasteiger partial charge in [0.15, 0.2) is 5.69 Å². The SMILES string of the molecule is CCc1ccc(-n2nc(-c3nc(-c4cccc(Cl)c4)no3)c3ccccc3c2=O)cc1. The Morgan fingerprint density at radius 3 is 2.48 bits per heavy atom. The minimum Gasteiger partial charge on any atom is -0.332 e. The summed E-state index contributed by atoms with van der Waals surface area (Å²) in [6.07, 6.45) is 0.917. The molecule has 0 aliphatic carbocycles. The normalized spacial score (nSPS) is 11.2. The van der Waals surface area contributed by atoms with Crippen LogP contribution in [0.25, 0.3) is 39.4 Å². The lowest BCUT2D eigenvalue weighted by Crippen LogP contribution is -2.22. The van der Waals surface area contributed by atoms with Gasteiger partial charge in [-0.2, -0.15) is 14.8 Å². The summed E-state index contributed by atoms with van der Waals surface area (Å²) in [6, 6.07) is 22.2. The van der Waals surface area contributed by atoms with Crippen LogP contribution in [0, 0.1) is 0 Å². The summed E-state index contributed by atoms with van der Waals surface area (Å²) in [4.78, 5) is 17.7. The van der Waals surface area contributed by atoms with Crippen LogP contribution in [0.15, 0.2) is 82.1 Å². The molecule has 3 aromatic carbocycles. The first-order chi connectivity index (χ1) is 15.1. The van der Waals surface area contributed by atoms with Crippen LogP contribution in [0.1, 0.15) is 12.5 Å². The fraction of sp³-hybridized carbons (Fsp3) is 0.0833. The molecule has 0 fully saturated rings. The molecule has 0 amide bonds. The van der Waals surface area contributed by atoms with E-state index in [-0.39, 0.29) is 11.4 Å². The van der Waals surface area contributed by atoms with E-state index in [2.05, 4.69) is 22.2 Å². The molecule has 0 unspecified atom stereocenters. The molecule has 152 valence electrons. The van der Waals surface area contributed by atoms with Crippen molar-refractivity contribution in [3.05, 3.63) is 93.7 Å². The van der Waals surface area contributed by atoms with Crippen molar-refractivity contribution in [2.24, 2.45) is 0 Å². The highest BCUT2D eigenvalue weighted by molar-refractivity contribution is 6.30. The van der Waals surface area contributed by atoms with E-state index in [0.29, 0.717) is 33.0 Å². The molecule has 0 N–H and O–H groups in total. The Morgan fingerprint density at radius 2 is 1.74 bits per heavy atom. The Balaban J connectivity index is 1.70. The molecular formula is C24H17ClN4O2. The van der Waals surface area contributed by atoms with E-state index in [0.717, 1.165) is 12.0 Å². The molecular weight excluding hydrogens is 412 g/mol. The second kappa shape index (κ2) is 7.81.